The quantitative estimate of drug-likeness (QED) is 0.352. The lowest BCUT2D eigenvalue weighted by atomic mass is 9.73. The highest BCUT2D eigenvalue weighted by Gasteiger charge is 2.46. The number of fused-ring (bicyclic) bond motifs is 1. The van der Waals surface area contributed by atoms with E-state index in [1.165, 1.54) is 18.3 Å². The second kappa shape index (κ2) is 11.6. The monoisotopic (exact) mass is 546 g/mol. The number of hydrogen-bond acceptors (Lipinski definition) is 6. The van der Waals surface area contributed by atoms with E-state index >= 15 is 0 Å². The van der Waals surface area contributed by atoms with Crippen molar-refractivity contribution < 1.29 is 19.0 Å². The van der Waals surface area contributed by atoms with Gasteiger partial charge in [-0.2, -0.15) is 0 Å². The number of nitrogens with zero attached hydrogens (tertiary/aromatic N) is 2. The molecule has 0 unspecified atom stereocenters. The summed E-state index contributed by atoms with van der Waals surface area (Å²) in [5.74, 6) is -0.691. The van der Waals surface area contributed by atoms with Gasteiger partial charge in [0.1, 0.15) is 5.60 Å². The van der Waals surface area contributed by atoms with Gasteiger partial charge in [0.25, 0.3) is 5.91 Å². The molecule has 40 heavy (non-hydrogen) atoms. The van der Waals surface area contributed by atoms with Gasteiger partial charge in [-0.05, 0) is 66.8 Å². The maximum absolute atomic E-state index is 14.3. The predicted molar refractivity (Wildman–Crippen MR) is 152 cm³/mol. The molecule has 3 atom stereocenters. The molecular weight excluding hydrogens is 507 g/mol. The van der Waals surface area contributed by atoms with Crippen molar-refractivity contribution in [3.63, 3.8) is 0 Å². The second-order valence-corrected chi connectivity index (χ2v) is 12.4. The highest BCUT2D eigenvalue weighted by molar-refractivity contribution is 5.92. The van der Waals surface area contributed by atoms with Crippen LogP contribution in [0.3, 0.4) is 0 Å². The van der Waals surface area contributed by atoms with E-state index in [4.69, 9.17) is 9.72 Å². The Bertz CT molecular complexity index is 1320. The Balaban J connectivity index is 1.34. The molecule has 1 aliphatic heterocycles. The third-order valence-electron chi connectivity index (χ3n) is 7.83. The van der Waals surface area contributed by atoms with Crippen molar-refractivity contribution in [2.45, 2.75) is 83.1 Å². The van der Waals surface area contributed by atoms with Crippen LogP contribution in [0, 0.1) is 11.2 Å². The van der Waals surface area contributed by atoms with Gasteiger partial charge in [-0.1, -0.05) is 51.1 Å². The van der Waals surface area contributed by atoms with E-state index in [1.807, 2.05) is 36.5 Å². The fraction of sp³-hybridized carbons (Fsp3) is 0.469. The number of hydrogen-bond donors (Lipinski definition) is 3. The summed E-state index contributed by atoms with van der Waals surface area (Å²) >= 11 is 0. The number of rotatable bonds is 9. The van der Waals surface area contributed by atoms with E-state index in [-0.39, 0.29) is 29.3 Å². The van der Waals surface area contributed by atoms with Crippen molar-refractivity contribution in [3.05, 3.63) is 89.1 Å². The van der Waals surface area contributed by atoms with E-state index in [0.717, 1.165) is 48.8 Å². The smallest absolute Gasteiger partial charge is 0.273 e. The van der Waals surface area contributed by atoms with Crippen LogP contribution in [0.15, 0.2) is 60.9 Å². The lowest BCUT2D eigenvalue weighted by Crippen LogP contribution is -2.52. The van der Waals surface area contributed by atoms with Gasteiger partial charge < -0.3 is 20.5 Å². The van der Waals surface area contributed by atoms with Gasteiger partial charge in [-0.25, -0.2) is 14.4 Å². The number of pyridine rings is 2. The largest absolute Gasteiger partial charge is 0.471 e. The Morgan fingerprint density at radius 1 is 1.15 bits per heavy atom. The van der Waals surface area contributed by atoms with Crippen LogP contribution in [0.25, 0.3) is 0 Å². The summed E-state index contributed by atoms with van der Waals surface area (Å²) in [6.45, 7) is 6.84. The number of aliphatic hydroxyl groups is 1. The topological polar surface area (TPSA) is 96.4 Å². The average Bonchev–Trinajstić information content (AvgIpc) is 2.90. The number of halogens is 1. The van der Waals surface area contributed by atoms with Gasteiger partial charge in [0.15, 0.2) is 11.5 Å². The number of aliphatic hydroxyl groups excluding tert-OH is 1. The zero-order chi connectivity index (χ0) is 28.3. The van der Waals surface area contributed by atoms with Crippen molar-refractivity contribution in [1.82, 2.24) is 20.6 Å². The van der Waals surface area contributed by atoms with E-state index in [1.54, 1.807) is 0 Å². The molecule has 0 radical (unpaired) electrons. The van der Waals surface area contributed by atoms with Crippen LogP contribution >= 0.6 is 0 Å². The summed E-state index contributed by atoms with van der Waals surface area (Å²) in [5.41, 5.74) is 2.72. The van der Waals surface area contributed by atoms with Crippen molar-refractivity contribution in [1.29, 1.82) is 0 Å². The minimum atomic E-state index is -0.940. The summed E-state index contributed by atoms with van der Waals surface area (Å²) in [6, 6.07) is 13.7. The van der Waals surface area contributed by atoms with Gasteiger partial charge >= 0.3 is 0 Å². The van der Waals surface area contributed by atoms with Gasteiger partial charge in [-0.3, -0.25) is 4.79 Å². The molecule has 3 N–H and O–H groups in total. The highest BCUT2D eigenvalue weighted by Crippen LogP contribution is 2.48. The molecule has 1 amide bonds. The molecule has 1 saturated carbocycles. The van der Waals surface area contributed by atoms with Crippen molar-refractivity contribution in [3.8, 4) is 5.88 Å². The number of carbonyl (C=O) groups is 1. The van der Waals surface area contributed by atoms with Crippen LogP contribution in [0.5, 0.6) is 5.88 Å². The first-order chi connectivity index (χ1) is 19.1. The summed E-state index contributed by atoms with van der Waals surface area (Å²) in [4.78, 5) is 21.6. The summed E-state index contributed by atoms with van der Waals surface area (Å²) in [6.07, 6.45) is 7.52. The maximum Gasteiger partial charge on any atom is 0.273 e. The SMILES string of the molecule is CC(C)(C)Cc1cnc2c(c1)[C@@H](NC[C@H](O)[C@H](Cc1ccccc1)NC(=O)c1ncccc1F)CC1(CCC1)O2. The Labute approximate surface area is 235 Å². The molecular formula is C32H39FN4O3. The first-order valence-electron chi connectivity index (χ1n) is 14.2. The fourth-order valence-electron chi connectivity index (χ4n) is 5.69. The van der Waals surface area contributed by atoms with E-state index in [0.29, 0.717) is 12.3 Å². The van der Waals surface area contributed by atoms with Gasteiger partial charge in [0.05, 0.1) is 12.1 Å². The molecule has 3 aromatic rings. The molecule has 1 spiro atoms. The van der Waals surface area contributed by atoms with Gasteiger partial charge in [0, 0.05) is 37.0 Å². The number of nitrogens with one attached hydrogen (secondary N) is 2. The normalized spacial score (nSPS) is 19.2. The van der Waals surface area contributed by atoms with Crippen LogP contribution in [-0.2, 0) is 12.8 Å². The molecule has 1 aromatic carbocycles. The maximum atomic E-state index is 14.3. The molecule has 212 valence electrons. The second-order valence-electron chi connectivity index (χ2n) is 12.4. The Morgan fingerprint density at radius 2 is 1.93 bits per heavy atom. The molecule has 1 fully saturated rings. The third-order valence-corrected chi connectivity index (χ3v) is 7.83. The fourth-order valence-corrected chi connectivity index (χ4v) is 5.69. The van der Waals surface area contributed by atoms with Gasteiger partial charge in [-0.15, -0.1) is 0 Å². The Morgan fingerprint density at radius 3 is 2.60 bits per heavy atom. The molecule has 8 heteroatoms. The summed E-state index contributed by atoms with van der Waals surface area (Å²) in [5, 5.41) is 17.8. The van der Waals surface area contributed by atoms with E-state index in [9.17, 15) is 14.3 Å². The van der Waals surface area contributed by atoms with E-state index < -0.39 is 23.9 Å². The molecule has 3 heterocycles. The molecule has 1 aliphatic carbocycles. The third kappa shape index (κ3) is 6.67. The summed E-state index contributed by atoms with van der Waals surface area (Å²) in [7, 11) is 0. The standard InChI is InChI=1S/C32H39FN4O3/c1-31(2,3)17-22-15-23-26(18-32(12-8-13-32)40-30(23)36-19-22)35-20-27(38)25(16-21-9-5-4-6-10-21)37-29(39)28-24(33)11-7-14-34-28/h4-7,9-11,14-15,19,25-27,35,38H,8,12-13,16-18,20H2,1-3H3,(H,37,39)/t25-,26-,27-/m0/s1. The van der Waals surface area contributed by atoms with Crippen molar-refractivity contribution in [2.75, 3.05) is 6.54 Å². The zero-order valence-electron chi connectivity index (χ0n) is 23.5. The van der Waals surface area contributed by atoms with Crippen LogP contribution in [0.1, 0.15) is 79.7 Å². The molecule has 2 aliphatic rings. The Hall–Kier alpha value is -3.36. The number of carbonyl (C=O) groups excluding carboxylic acids is 1. The zero-order valence-corrected chi connectivity index (χ0v) is 23.5. The summed E-state index contributed by atoms with van der Waals surface area (Å²) < 4.78 is 20.7. The Kier molecular flexibility index (Phi) is 8.19. The first-order valence-corrected chi connectivity index (χ1v) is 14.2. The lowest BCUT2D eigenvalue weighted by molar-refractivity contribution is -0.0421. The average molecular weight is 547 g/mol. The number of amides is 1. The van der Waals surface area contributed by atoms with Crippen LogP contribution in [-0.4, -0.2) is 45.3 Å². The van der Waals surface area contributed by atoms with Crippen LogP contribution in [0.4, 0.5) is 4.39 Å². The number of aromatic nitrogens is 2. The predicted octanol–water partition coefficient (Wildman–Crippen LogP) is 4.94. The molecule has 5 rings (SSSR count). The van der Waals surface area contributed by atoms with E-state index in [2.05, 4.69) is 42.5 Å². The van der Waals surface area contributed by atoms with Crippen LogP contribution in [0.2, 0.25) is 0 Å². The molecule has 2 aromatic heterocycles. The minimum Gasteiger partial charge on any atom is -0.471 e. The number of ether oxygens (including phenoxy) is 1. The highest BCUT2D eigenvalue weighted by atomic mass is 19.1. The number of benzene rings is 1. The van der Waals surface area contributed by atoms with Crippen molar-refractivity contribution >= 4 is 5.91 Å². The van der Waals surface area contributed by atoms with Crippen molar-refractivity contribution in [2.24, 2.45) is 5.41 Å². The minimum absolute atomic E-state index is 0.0487. The van der Waals surface area contributed by atoms with Gasteiger partial charge in [0.2, 0.25) is 5.88 Å². The molecule has 7 nitrogen and oxygen atoms in total. The molecule has 0 saturated heterocycles. The van der Waals surface area contributed by atoms with Crippen LogP contribution < -0.4 is 15.4 Å². The lowest BCUT2D eigenvalue weighted by Gasteiger charge is -2.47. The first kappa shape index (κ1) is 28.2. The molecule has 0 bridgehead atoms.